The number of benzene rings is 2. The van der Waals surface area contributed by atoms with Crippen LogP contribution in [0.25, 0.3) is 22.9 Å². The van der Waals surface area contributed by atoms with E-state index in [4.69, 9.17) is 8.83 Å². The van der Waals surface area contributed by atoms with E-state index >= 15 is 0 Å². The maximum absolute atomic E-state index is 13.0. The molecule has 0 spiro atoms. The highest BCUT2D eigenvalue weighted by atomic mass is 16.4. The van der Waals surface area contributed by atoms with E-state index in [0.717, 1.165) is 38.8 Å². The SMILES string of the molecule is CCc1ccc(-c2nc3c(o2)C(=O)C(NCCCN(C)CCCNC2=CC(=O)c4nc(-c5ccc(CC)cc5)oc4C2=O)=CC3=O)cc1. The van der Waals surface area contributed by atoms with Crippen molar-refractivity contribution in [1.82, 2.24) is 25.5 Å². The lowest BCUT2D eigenvalue weighted by Crippen LogP contribution is -2.31. The first-order valence-corrected chi connectivity index (χ1v) is 16.2. The Hall–Kier alpha value is -5.42. The lowest BCUT2D eigenvalue weighted by Gasteiger charge is -2.18. The Morgan fingerprint density at radius 3 is 1.40 bits per heavy atom. The monoisotopic (exact) mass is 647 g/mol. The first kappa shape index (κ1) is 32.5. The van der Waals surface area contributed by atoms with Gasteiger partial charge in [0.15, 0.2) is 11.4 Å². The fourth-order valence-electron chi connectivity index (χ4n) is 5.59. The summed E-state index contributed by atoms with van der Waals surface area (Å²) in [6.45, 7) is 6.56. The lowest BCUT2D eigenvalue weighted by atomic mass is 10.0. The molecule has 4 aromatic rings. The summed E-state index contributed by atoms with van der Waals surface area (Å²) in [5.74, 6) is -1.11. The number of carbonyl (C=O) groups is 4. The van der Waals surface area contributed by atoms with E-state index in [1.54, 1.807) is 0 Å². The summed E-state index contributed by atoms with van der Waals surface area (Å²) < 4.78 is 11.5. The number of nitrogens with zero attached hydrogens (tertiary/aromatic N) is 3. The van der Waals surface area contributed by atoms with Crippen molar-refractivity contribution in [3.8, 4) is 22.9 Å². The minimum absolute atomic E-state index is 0.0344. The Bertz CT molecular complexity index is 1790. The number of ketones is 4. The van der Waals surface area contributed by atoms with Crippen LogP contribution in [0.15, 0.2) is 80.9 Å². The number of Topliss-reactive ketones (excluding diaryl/α,β-unsaturated/α-hetero) is 2. The Labute approximate surface area is 278 Å². The molecule has 0 unspecified atom stereocenters. The van der Waals surface area contributed by atoms with Gasteiger partial charge in [0.05, 0.1) is 11.4 Å². The standard InChI is InChI=1S/C37H37N5O6/c1-4-22-8-12-24(13-9-22)36-40-30-28(43)20-26(32(45)34(30)47-36)38-16-6-18-42(3)19-7-17-39-27-21-29(44)31-35(33(27)46)48-37(41-31)25-14-10-23(5-2)11-15-25/h8-15,20-21,38-39H,4-7,16-19H2,1-3H3. The normalized spacial score (nSPS) is 14.2. The smallest absolute Gasteiger partial charge is 0.246 e. The number of oxazole rings is 2. The zero-order chi connectivity index (χ0) is 33.8. The molecular weight excluding hydrogens is 610 g/mol. The third-order valence-corrected chi connectivity index (χ3v) is 8.46. The second-order valence-corrected chi connectivity index (χ2v) is 11.9. The van der Waals surface area contributed by atoms with Crippen molar-refractivity contribution < 1.29 is 28.0 Å². The van der Waals surface area contributed by atoms with Gasteiger partial charge in [-0.2, -0.15) is 0 Å². The molecule has 246 valence electrons. The number of fused-ring (bicyclic) bond motifs is 2. The predicted octanol–water partition coefficient (Wildman–Crippen LogP) is 5.24. The van der Waals surface area contributed by atoms with Crippen molar-refractivity contribution in [3.63, 3.8) is 0 Å². The molecular formula is C37H37N5O6. The molecule has 2 heterocycles. The highest BCUT2D eigenvalue weighted by Gasteiger charge is 2.33. The molecule has 6 rings (SSSR count). The maximum Gasteiger partial charge on any atom is 0.246 e. The fourth-order valence-corrected chi connectivity index (χ4v) is 5.59. The summed E-state index contributed by atoms with van der Waals surface area (Å²) in [5.41, 5.74) is 4.20. The quantitative estimate of drug-likeness (QED) is 0.173. The summed E-state index contributed by atoms with van der Waals surface area (Å²) in [6, 6.07) is 15.3. The second kappa shape index (κ2) is 14.1. The van der Waals surface area contributed by atoms with Crippen LogP contribution in [0, 0.1) is 0 Å². The molecule has 2 aliphatic rings. The zero-order valence-electron chi connectivity index (χ0n) is 27.2. The summed E-state index contributed by atoms with van der Waals surface area (Å²) >= 11 is 0. The highest BCUT2D eigenvalue weighted by molar-refractivity contribution is 6.23. The number of rotatable bonds is 14. The minimum Gasteiger partial charge on any atom is -0.432 e. The van der Waals surface area contributed by atoms with Crippen LogP contribution in [-0.2, 0) is 12.8 Å². The number of hydrogen-bond donors (Lipinski definition) is 2. The largest absolute Gasteiger partial charge is 0.432 e. The van der Waals surface area contributed by atoms with E-state index in [2.05, 4.69) is 39.3 Å². The molecule has 0 bridgehead atoms. The van der Waals surface area contributed by atoms with Crippen LogP contribution in [0.2, 0.25) is 0 Å². The number of allylic oxidation sites excluding steroid dienone is 4. The first-order chi connectivity index (χ1) is 23.2. The number of carbonyl (C=O) groups excluding carboxylic acids is 4. The van der Waals surface area contributed by atoms with E-state index in [9.17, 15) is 19.2 Å². The van der Waals surface area contributed by atoms with Crippen molar-refractivity contribution >= 4 is 23.1 Å². The average molecular weight is 648 g/mol. The van der Waals surface area contributed by atoms with Gasteiger partial charge in [-0.15, -0.1) is 0 Å². The number of aromatic nitrogens is 2. The van der Waals surface area contributed by atoms with Gasteiger partial charge in [-0.3, -0.25) is 19.2 Å². The van der Waals surface area contributed by atoms with Gasteiger partial charge in [-0.25, -0.2) is 9.97 Å². The maximum atomic E-state index is 13.0. The number of aryl methyl sites for hydroxylation is 2. The Balaban J connectivity index is 0.930. The van der Waals surface area contributed by atoms with E-state index in [0.29, 0.717) is 24.2 Å². The molecule has 48 heavy (non-hydrogen) atoms. The summed E-state index contributed by atoms with van der Waals surface area (Å²) in [7, 11) is 1.98. The Morgan fingerprint density at radius 1 is 0.625 bits per heavy atom. The van der Waals surface area contributed by atoms with Crippen LogP contribution >= 0.6 is 0 Å². The van der Waals surface area contributed by atoms with Crippen LogP contribution in [0.3, 0.4) is 0 Å². The van der Waals surface area contributed by atoms with Crippen LogP contribution < -0.4 is 10.6 Å². The molecule has 0 aliphatic heterocycles. The fraction of sp³-hybridized carbons (Fsp3) is 0.297. The van der Waals surface area contributed by atoms with Gasteiger partial charge in [0.25, 0.3) is 0 Å². The van der Waals surface area contributed by atoms with Crippen molar-refractivity contribution in [2.45, 2.75) is 39.5 Å². The molecule has 0 amide bonds. The van der Waals surface area contributed by atoms with Crippen LogP contribution in [-0.4, -0.2) is 71.2 Å². The molecule has 11 nitrogen and oxygen atoms in total. The van der Waals surface area contributed by atoms with E-state index in [-0.39, 0.29) is 57.7 Å². The first-order valence-electron chi connectivity index (χ1n) is 16.2. The van der Waals surface area contributed by atoms with E-state index in [1.165, 1.54) is 23.3 Å². The predicted molar refractivity (Wildman–Crippen MR) is 179 cm³/mol. The molecule has 0 atom stereocenters. The van der Waals surface area contributed by atoms with Crippen molar-refractivity contribution in [2.24, 2.45) is 0 Å². The lowest BCUT2D eigenvalue weighted by molar-refractivity contribution is 0.0956. The minimum atomic E-state index is -0.391. The number of hydrogen-bond acceptors (Lipinski definition) is 11. The topological polar surface area (TPSA) is 148 Å². The van der Waals surface area contributed by atoms with Crippen molar-refractivity contribution in [2.75, 3.05) is 33.2 Å². The molecule has 0 saturated carbocycles. The Morgan fingerprint density at radius 2 is 1.02 bits per heavy atom. The summed E-state index contributed by atoms with van der Waals surface area (Å²) in [5, 5.41) is 6.16. The van der Waals surface area contributed by atoms with Gasteiger partial charge in [-0.05, 0) is 81.2 Å². The molecule has 0 saturated heterocycles. The number of nitrogens with one attached hydrogen (secondary N) is 2. The third kappa shape index (κ3) is 6.82. The van der Waals surface area contributed by atoms with Gasteiger partial charge in [0, 0.05) is 36.4 Å². The van der Waals surface area contributed by atoms with Crippen LogP contribution in [0.5, 0.6) is 0 Å². The Kier molecular flexibility index (Phi) is 9.58. The molecule has 2 aromatic heterocycles. The van der Waals surface area contributed by atoms with Crippen LogP contribution in [0.4, 0.5) is 0 Å². The summed E-state index contributed by atoms with van der Waals surface area (Å²) in [6.07, 6.45) is 5.80. The second-order valence-electron chi connectivity index (χ2n) is 11.9. The molecule has 11 heteroatoms. The van der Waals surface area contributed by atoms with Gasteiger partial charge >= 0.3 is 0 Å². The molecule has 0 radical (unpaired) electrons. The van der Waals surface area contributed by atoms with Gasteiger partial charge in [-0.1, -0.05) is 38.1 Å². The zero-order valence-corrected chi connectivity index (χ0v) is 27.2. The van der Waals surface area contributed by atoms with Crippen molar-refractivity contribution in [1.29, 1.82) is 0 Å². The molecule has 2 aliphatic carbocycles. The van der Waals surface area contributed by atoms with E-state index in [1.807, 2.05) is 55.6 Å². The van der Waals surface area contributed by atoms with Crippen molar-refractivity contribution in [3.05, 3.63) is 106 Å². The van der Waals surface area contributed by atoms with Gasteiger partial charge < -0.3 is 24.4 Å². The third-order valence-electron chi connectivity index (χ3n) is 8.46. The van der Waals surface area contributed by atoms with E-state index < -0.39 is 11.6 Å². The highest BCUT2D eigenvalue weighted by Crippen LogP contribution is 2.29. The van der Waals surface area contributed by atoms with Gasteiger partial charge in [0.1, 0.15) is 0 Å². The summed E-state index contributed by atoms with van der Waals surface area (Å²) in [4.78, 5) is 62.2. The molecule has 0 fully saturated rings. The molecule has 2 aromatic carbocycles. The average Bonchev–Trinajstić information content (AvgIpc) is 3.77. The van der Waals surface area contributed by atoms with Crippen LogP contribution in [0.1, 0.15) is 79.9 Å². The van der Waals surface area contributed by atoms with Gasteiger partial charge in [0.2, 0.25) is 46.4 Å². The molecule has 2 N–H and O–H groups in total.